The van der Waals surface area contributed by atoms with Crippen molar-refractivity contribution in [3.8, 4) is 0 Å². The van der Waals surface area contributed by atoms with Crippen LogP contribution in [0.4, 0.5) is 0 Å². The molecule has 0 saturated carbocycles. The Labute approximate surface area is 140 Å². The zero-order valence-corrected chi connectivity index (χ0v) is 14.2. The summed E-state index contributed by atoms with van der Waals surface area (Å²) >= 11 is 0. The minimum Gasteiger partial charge on any atom is -0.377 e. The van der Waals surface area contributed by atoms with E-state index < -0.39 is 15.4 Å². The van der Waals surface area contributed by atoms with Crippen molar-refractivity contribution >= 4 is 10.0 Å². The molecule has 2 aromatic rings. The van der Waals surface area contributed by atoms with Crippen LogP contribution in [0.3, 0.4) is 0 Å². The minimum absolute atomic E-state index is 0.0837. The van der Waals surface area contributed by atoms with Gasteiger partial charge in [-0.1, -0.05) is 23.4 Å². The Morgan fingerprint density at radius 3 is 2.79 bits per heavy atom. The first-order valence-corrected chi connectivity index (χ1v) is 9.44. The molecule has 2 atom stereocenters. The van der Waals surface area contributed by atoms with E-state index in [1.807, 2.05) is 0 Å². The van der Waals surface area contributed by atoms with Gasteiger partial charge in [-0.25, -0.2) is 8.42 Å². The fourth-order valence-corrected chi connectivity index (χ4v) is 5.20. The number of ether oxygens (including phenoxy) is 1. The maximum atomic E-state index is 13.0. The van der Waals surface area contributed by atoms with Crippen LogP contribution in [0.2, 0.25) is 0 Å². The predicted octanol–water partition coefficient (Wildman–Crippen LogP) is 1.50. The topological polar surface area (TPSA) is 85.5 Å². The quantitative estimate of drug-likeness (QED) is 0.835. The van der Waals surface area contributed by atoms with Crippen molar-refractivity contribution in [2.24, 2.45) is 0 Å². The Morgan fingerprint density at radius 2 is 2.08 bits per heavy atom. The highest BCUT2D eigenvalue weighted by Gasteiger charge is 2.54. The van der Waals surface area contributed by atoms with E-state index in [1.165, 1.54) is 4.31 Å². The van der Waals surface area contributed by atoms with Gasteiger partial charge in [-0.05, 0) is 31.9 Å². The van der Waals surface area contributed by atoms with Gasteiger partial charge < -0.3 is 9.26 Å². The number of rotatable bonds is 3. The second kappa shape index (κ2) is 5.65. The summed E-state index contributed by atoms with van der Waals surface area (Å²) in [6, 6.07) is 8.51. The van der Waals surface area contributed by atoms with Crippen LogP contribution >= 0.6 is 0 Å². The van der Waals surface area contributed by atoms with Gasteiger partial charge in [-0.2, -0.15) is 9.29 Å². The molecule has 2 saturated heterocycles. The van der Waals surface area contributed by atoms with Crippen LogP contribution in [0.15, 0.2) is 39.8 Å². The van der Waals surface area contributed by atoms with Crippen molar-refractivity contribution in [1.82, 2.24) is 14.4 Å². The van der Waals surface area contributed by atoms with E-state index in [9.17, 15) is 8.42 Å². The van der Waals surface area contributed by atoms with Crippen molar-refractivity contribution in [3.05, 3.63) is 42.0 Å². The van der Waals surface area contributed by atoms with Crippen molar-refractivity contribution in [2.45, 2.75) is 36.2 Å². The fourth-order valence-electron chi connectivity index (χ4n) is 3.66. The third-order valence-corrected chi connectivity index (χ3v) is 6.78. The largest absolute Gasteiger partial charge is 0.377 e. The summed E-state index contributed by atoms with van der Waals surface area (Å²) in [6.07, 6.45) is 1.22. The van der Waals surface area contributed by atoms with Crippen LogP contribution in [-0.2, 0) is 20.2 Å². The highest BCUT2D eigenvalue weighted by Crippen LogP contribution is 2.43. The minimum atomic E-state index is -3.55. The molecule has 2 aliphatic heterocycles. The second-order valence-electron chi connectivity index (χ2n) is 6.35. The summed E-state index contributed by atoms with van der Waals surface area (Å²) in [5, 5.41) is 3.88. The van der Waals surface area contributed by atoms with Crippen LogP contribution in [0.25, 0.3) is 0 Å². The van der Waals surface area contributed by atoms with Gasteiger partial charge in [-0.3, -0.25) is 0 Å². The van der Waals surface area contributed by atoms with Crippen LogP contribution in [0.5, 0.6) is 0 Å². The zero-order chi connectivity index (χ0) is 16.8. The monoisotopic (exact) mass is 349 g/mol. The van der Waals surface area contributed by atoms with E-state index >= 15 is 0 Å². The summed E-state index contributed by atoms with van der Waals surface area (Å²) in [4.78, 5) is 4.68. The average Bonchev–Trinajstić information content (AvgIpc) is 3.21. The van der Waals surface area contributed by atoms with E-state index in [4.69, 9.17) is 9.26 Å². The Hall–Kier alpha value is -1.77. The lowest BCUT2D eigenvalue weighted by molar-refractivity contribution is 0.0276. The molecule has 128 valence electrons. The summed E-state index contributed by atoms with van der Waals surface area (Å²) < 4.78 is 38.7. The first kappa shape index (κ1) is 15.7. The maximum absolute atomic E-state index is 13.0. The van der Waals surface area contributed by atoms with Gasteiger partial charge in [0.05, 0.1) is 16.4 Å². The molecule has 7 nitrogen and oxygen atoms in total. The van der Waals surface area contributed by atoms with E-state index in [-0.39, 0.29) is 6.10 Å². The van der Waals surface area contributed by atoms with E-state index in [2.05, 4.69) is 10.1 Å². The SMILES string of the molecule is Cc1noc([C@]23CCO[C@H]2CCN(S(=O)(=O)c2ccccc2)C3)n1. The number of piperidine rings is 1. The molecule has 0 spiro atoms. The van der Waals surface area contributed by atoms with Gasteiger partial charge >= 0.3 is 0 Å². The van der Waals surface area contributed by atoms with Crippen molar-refractivity contribution < 1.29 is 17.7 Å². The normalized spacial score (nSPS) is 28.0. The third-order valence-electron chi connectivity index (χ3n) is 4.92. The number of hydrogen-bond donors (Lipinski definition) is 0. The van der Waals surface area contributed by atoms with E-state index in [0.29, 0.717) is 49.1 Å². The van der Waals surface area contributed by atoms with Crippen molar-refractivity contribution in [3.63, 3.8) is 0 Å². The molecular weight excluding hydrogens is 330 g/mol. The summed E-state index contributed by atoms with van der Waals surface area (Å²) in [7, 11) is -3.55. The lowest BCUT2D eigenvalue weighted by atomic mass is 9.77. The Balaban J connectivity index is 1.71. The van der Waals surface area contributed by atoms with Crippen molar-refractivity contribution in [2.75, 3.05) is 19.7 Å². The maximum Gasteiger partial charge on any atom is 0.243 e. The average molecular weight is 349 g/mol. The van der Waals surface area contributed by atoms with Gasteiger partial charge in [-0.15, -0.1) is 0 Å². The molecule has 0 amide bonds. The van der Waals surface area contributed by atoms with E-state index in [1.54, 1.807) is 37.3 Å². The molecule has 0 aliphatic carbocycles. The number of sulfonamides is 1. The Bertz CT molecular complexity index is 836. The van der Waals surface area contributed by atoms with Gasteiger partial charge in [0.2, 0.25) is 15.9 Å². The summed E-state index contributed by atoms with van der Waals surface area (Å²) in [5.41, 5.74) is -0.554. The first-order chi connectivity index (χ1) is 11.5. The second-order valence-corrected chi connectivity index (χ2v) is 8.29. The number of nitrogens with zero attached hydrogens (tertiary/aromatic N) is 3. The molecule has 0 radical (unpaired) electrons. The molecule has 1 aromatic carbocycles. The van der Waals surface area contributed by atoms with Gasteiger partial charge in [0.15, 0.2) is 5.82 Å². The summed E-state index contributed by atoms with van der Waals surface area (Å²) in [5.74, 6) is 1.03. The van der Waals surface area contributed by atoms with Gasteiger partial charge in [0.25, 0.3) is 0 Å². The highest BCUT2D eigenvalue weighted by molar-refractivity contribution is 7.89. The highest BCUT2D eigenvalue weighted by atomic mass is 32.2. The van der Waals surface area contributed by atoms with Crippen LogP contribution in [0.1, 0.15) is 24.6 Å². The van der Waals surface area contributed by atoms with Crippen molar-refractivity contribution in [1.29, 1.82) is 0 Å². The third kappa shape index (κ3) is 2.37. The predicted molar refractivity (Wildman–Crippen MR) is 84.9 cm³/mol. The smallest absolute Gasteiger partial charge is 0.243 e. The molecule has 1 aromatic heterocycles. The van der Waals surface area contributed by atoms with Crippen LogP contribution in [-0.4, -0.2) is 48.7 Å². The standard InChI is InChI=1S/C16H19N3O4S/c1-12-17-15(23-18-12)16-8-10-22-14(16)7-9-19(11-16)24(20,21)13-5-3-2-4-6-13/h2-6,14H,7-11H2,1H3/t14-,16-/m0/s1. The zero-order valence-electron chi connectivity index (χ0n) is 13.4. The number of aromatic nitrogens is 2. The van der Waals surface area contributed by atoms with E-state index in [0.717, 1.165) is 0 Å². The molecule has 3 heterocycles. The number of fused-ring (bicyclic) bond motifs is 1. The summed E-state index contributed by atoms with van der Waals surface area (Å²) in [6.45, 7) is 3.06. The lowest BCUT2D eigenvalue weighted by Crippen LogP contribution is -2.54. The Kier molecular flexibility index (Phi) is 3.70. The first-order valence-electron chi connectivity index (χ1n) is 8.00. The number of benzene rings is 1. The molecule has 2 fully saturated rings. The van der Waals surface area contributed by atoms with Gasteiger partial charge in [0.1, 0.15) is 0 Å². The molecule has 4 rings (SSSR count). The number of hydrogen-bond acceptors (Lipinski definition) is 6. The molecule has 8 heteroatoms. The Morgan fingerprint density at radius 1 is 1.29 bits per heavy atom. The molecule has 24 heavy (non-hydrogen) atoms. The fraction of sp³-hybridized carbons (Fsp3) is 0.500. The lowest BCUT2D eigenvalue weighted by Gasteiger charge is -2.40. The molecular formula is C16H19N3O4S. The molecule has 0 unspecified atom stereocenters. The van der Waals surface area contributed by atoms with Gasteiger partial charge in [0, 0.05) is 19.7 Å². The number of aryl methyl sites for hydroxylation is 1. The van der Waals surface area contributed by atoms with Crippen LogP contribution in [0, 0.1) is 6.92 Å². The van der Waals surface area contributed by atoms with Crippen LogP contribution < -0.4 is 0 Å². The molecule has 2 aliphatic rings. The molecule has 0 N–H and O–H groups in total. The molecule has 0 bridgehead atoms.